The number of aromatic amines is 2. The van der Waals surface area contributed by atoms with Crippen LogP contribution < -0.4 is 27.4 Å². The molecule has 0 aliphatic carbocycles. The number of nitrogens with two attached hydrogens (primary N) is 2. The van der Waals surface area contributed by atoms with Gasteiger partial charge in [0.05, 0.1) is 12.4 Å². The van der Waals surface area contributed by atoms with E-state index in [1.54, 1.807) is 36.5 Å². The van der Waals surface area contributed by atoms with Gasteiger partial charge in [-0.15, -0.1) is 0 Å². The fraction of sp³-hybridized carbons (Fsp3) is 0.290. The minimum Gasteiger partial charge on any atom is -0.480 e. The molecule has 0 saturated heterocycles. The van der Waals surface area contributed by atoms with Gasteiger partial charge in [0, 0.05) is 48.3 Å². The van der Waals surface area contributed by atoms with Crippen LogP contribution in [0.1, 0.15) is 29.7 Å². The van der Waals surface area contributed by atoms with Crippen LogP contribution in [0.2, 0.25) is 0 Å². The first-order chi connectivity index (χ1) is 21.6. The predicted molar refractivity (Wildman–Crippen MR) is 164 cm³/mol. The third-order valence-electron chi connectivity index (χ3n) is 7.27. The van der Waals surface area contributed by atoms with E-state index in [0.29, 0.717) is 5.69 Å². The molecule has 0 aliphatic rings. The third kappa shape index (κ3) is 9.24. The number of carboxylic acids is 1. The molecule has 45 heavy (non-hydrogen) atoms. The Bertz CT molecular complexity index is 1620. The lowest BCUT2D eigenvalue weighted by molar-refractivity contribution is -0.142. The Kier molecular flexibility index (Phi) is 11.0. The number of carbonyl (C=O) groups excluding carboxylic acids is 4. The smallest absolute Gasteiger partial charge is 0.326 e. The van der Waals surface area contributed by atoms with Gasteiger partial charge in [0.25, 0.3) is 0 Å². The lowest BCUT2D eigenvalue weighted by Gasteiger charge is -2.25. The molecule has 2 heterocycles. The number of benzene rings is 2. The topological polar surface area (TPSA) is 238 Å². The first kappa shape index (κ1) is 32.4. The predicted octanol–water partition coefficient (Wildman–Crippen LogP) is 0.0507. The molecule has 2 aromatic carbocycles. The highest BCUT2D eigenvalue weighted by Crippen LogP contribution is 2.19. The van der Waals surface area contributed by atoms with Crippen molar-refractivity contribution in [2.24, 2.45) is 11.5 Å². The van der Waals surface area contributed by atoms with E-state index in [1.165, 1.54) is 12.5 Å². The summed E-state index contributed by atoms with van der Waals surface area (Å²) in [6, 6.07) is 11.7. The molecule has 0 bridgehead atoms. The Morgan fingerprint density at radius 2 is 1.47 bits per heavy atom. The normalized spacial score (nSPS) is 13.7. The van der Waals surface area contributed by atoms with Crippen LogP contribution in [-0.2, 0) is 43.2 Å². The molecule has 0 aliphatic heterocycles. The molecule has 10 N–H and O–H groups in total. The zero-order chi connectivity index (χ0) is 32.3. The van der Waals surface area contributed by atoms with Crippen LogP contribution in [0.4, 0.5) is 0 Å². The van der Waals surface area contributed by atoms with E-state index < -0.39 is 53.8 Å². The first-order valence-corrected chi connectivity index (χ1v) is 14.3. The van der Waals surface area contributed by atoms with Gasteiger partial charge >= 0.3 is 5.97 Å². The molecule has 0 spiro atoms. The van der Waals surface area contributed by atoms with Gasteiger partial charge in [-0.1, -0.05) is 48.5 Å². The number of nitrogens with zero attached hydrogens (tertiary/aromatic N) is 1. The maximum atomic E-state index is 13.6. The highest BCUT2D eigenvalue weighted by atomic mass is 16.4. The first-order valence-electron chi connectivity index (χ1n) is 14.3. The Labute approximate surface area is 258 Å². The lowest BCUT2D eigenvalue weighted by Crippen LogP contribution is -2.58. The minimum absolute atomic E-state index is 0.0694. The monoisotopic (exact) mass is 616 g/mol. The number of rotatable bonds is 16. The van der Waals surface area contributed by atoms with E-state index in [-0.39, 0.29) is 32.1 Å². The molecule has 2 aromatic heterocycles. The molecular weight excluding hydrogens is 580 g/mol. The number of H-pyrrole nitrogens is 2. The molecule has 0 fully saturated rings. The van der Waals surface area contributed by atoms with Crippen molar-refractivity contribution >= 4 is 40.5 Å². The maximum absolute atomic E-state index is 13.6. The quantitative estimate of drug-likeness (QED) is 0.0854. The van der Waals surface area contributed by atoms with Gasteiger partial charge in [-0.25, -0.2) is 9.78 Å². The van der Waals surface area contributed by atoms with Gasteiger partial charge in [0.2, 0.25) is 23.6 Å². The van der Waals surface area contributed by atoms with Gasteiger partial charge in [0.15, 0.2) is 0 Å². The maximum Gasteiger partial charge on any atom is 0.326 e. The molecule has 236 valence electrons. The summed E-state index contributed by atoms with van der Waals surface area (Å²) in [5, 5.41) is 18.3. The molecule has 14 nitrogen and oxygen atoms in total. The zero-order valence-electron chi connectivity index (χ0n) is 24.4. The van der Waals surface area contributed by atoms with Crippen molar-refractivity contribution < 1.29 is 29.1 Å². The van der Waals surface area contributed by atoms with Gasteiger partial charge < -0.3 is 42.5 Å². The van der Waals surface area contributed by atoms with E-state index in [2.05, 4.69) is 30.9 Å². The summed E-state index contributed by atoms with van der Waals surface area (Å²) >= 11 is 0. The number of nitrogens with one attached hydrogen (secondary N) is 5. The number of fused-ring (bicyclic) bond motifs is 1. The molecule has 4 aromatic rings. The van der Waals surface area contributed by atoms with Gasteiger partial charge in [0.1, 0.15) is 18.1 Å². The molecule has 4 unspecified atom stereocenters. The Hall–Kier alpha value is -5.50. The number of imidazole rings is 1. The average Bonchev–Trinajstić information content (AvgIpc) is 3.69. The van der Waals surface area contributed by atoms with Crippen LogP contribution in [0.3, 0.4) is 0 Å². The second kappa shape index (κ2) is 15.3. The Morgan fingerprint density at radius 3 is 2.16 bits per heavy atom. The Morgan fingerprint density at radius 1 is 0.800 bits per heavy atom. The standard InChI is InChI=1S/C31H36N8O6/c32-22(13-19-15-35-23-9-5-4-8-21(19)23)28(41)38-25(12-18-6-2-1-3-7-18)30(43)37-24(10-11-27(33)40)29(42)39-26(31(44)45)14-20-16-34-17-36-20/h1-9,15-17,22,24-26,35H,10-14,32H2,(H2,33,40)(H,34,36)(H,37,43)(H,38,41)(H,39,42)(H,44,45). The van der Waals surface area contributed by atoms with Crippen molar-refractivity contribution in [1.82, 2.24) is 30.9 Å². The molecule has 14 heteroatoms. The number of para-hydroxylation sites is 1. The van der Waals surface area contributed by atoms with Crippen molar-refractivity contribution in [3.8, 4) is 0 Å². The molecule has 4 rings (SSSR count). The van der Waals surface area contributed by atoms with E-state index in [4.69, 9.17) is 11.5 Å². The van der Waals surface area contributed by atoms with E-state index in [0.717, 1.165) is 22.0 Å². The Balaban J connectivity index is 1.49. The zero-order valence-corrected chi connectivity index (χ0v) is 24.4. The summed E-state index contributed by atoms with van der Waals surface area (Å²) in [5.74, 6) is -4.17. The number of hydrogen-bond donors (Lipinski definition) is 8. The number of primary amides is 1. The molecule has 4 amide bonds. The summed E-state index contributed by atoms with van der Waals surface area (Å²) in [7, 11) is 0. The molecular formula is C31H36N8O6. The minimum atomic E-state index is -1.35. The van der Waals surface area contributed by atoms with Crippen molar-refractivity contribution in [2.45, 2.75) is 56.3 Å². The second-order valence-corrected chi connectivity index (χ2v) is 10.7. The number of amides is 4. The number of carbonyl (C=O) groups is 5. The van der Waals surface area contributed by atoms with Gasteiger partial charge in [-0.05, 0) is 30.0 Å². The summed E-state index contributed by atoms with van der Waals surface area (Å²) in [5.41, 5.74) is 14.5. The molecule has 4 atom stereocenters. The van der Waals surface area contributed by atoms with Crippen LogP contribution in [0, 0.1) is 0 Å². The van der Waals surface area contributed by atoms with Crippen molar-refractivity contribution in [1.29, 1.82) is 0 Å². The highest BCUT2D eigenvalue weighted by molar-refractivity contribution is 5.95. The van der Waals surface area contributed by atoms with Crippen molar-refractivity contribution in [3.63, 3.8) is 0 Å². The summed E-state index contributed by atoms with van der Waals surface area (Å²) < 4.78 is 0. The number of carboxylic acid groups (broad SMARTS) is 1. The van der Waals surface area contributed by atoms with Crippen molar-refractivity contribution in [2.75, 3.05) is 0 Å². The lowest BCUT2D eigenvalue weighted by atomic mass is 10.0. The molecule has 0 radical (unpaired) electrons. The van der Waals surface area contributed by atoms with Gasteiger partial charge in [-0.2, -0.15) is 0 Å². The largest absolute Gasteiger partial charge is 0.480 e. The highest BCUT2D eigenvalue weighted by Gasteiger charge is 2.31. The van der Waals surface area contributed by atoms with Crippen molar-refractivity contribution in [3.05, 3.63) is 90.1 Å². The van der Waals surface area contributed by atoms with Crippen LogP contribution in [0.25, 0.3) is 10.9 Å². The number of hydrogen-bond acceptors (Lipinski definition) is 7. The average molecular weight is 617 g/mol. The van der Waals surface area contributed by atoms with Gasteiger partial charge in [-0.3, -0.25) is 19.2 Å². The SMILES string of the molecule is NC(=O)CCC(NC(=O)C(Cc1ccccc1)NC(=O)C(N)Cc1c[nH]c2ccccc12)C(=O)NC(Cc1cnc[nH]1)C(=O)O. The molecule has 0 saturated carbocycles. The second-order valence-electron chi connectivity index (χ2n) is 10.7. The van der Waals surface area contributed by atoms with Crippen LogP contribution in [-0.4, -0.2) is 73.8 Å². The van der Waals surface area contributed by atoms with E-state index in [1.807, 2.05) is 24.3 Å². The third-order valence-corrected chi connectivity index (χ3v) is 7.27. The van der Waals surface area contributed by atoms with Crippen LogP contribution >= 0.6 is 0 Å². The summed E-state index contributed by atoms with van der Waals surface area (Å²) in [4.78, 5) is 73.4. The van der Waals surface area contributed by atoms with Crippen LogP contribution in [0.15, 0.2) is 73.3 Å². The van der Waals surface area contributed by atoms with E-state index in [9.17, 15) is 29.1 Å². The fourth-order valence-electron chi connectivity index (χ4n) is 4.88. The summed E-state index contributed by atoms with van der Waals surface area (Å²) in [6.45, 7) is 0. The van der Waals surface area contributed by atoms with Crippen LogP contribution in [0.5, 0.6) is 0 Å². The van der Waals surface area contributed by atoms with E-state index >= 15 is 0 Å². The number of aliphatic carboxylic acids is 1. The summed E-state index contributed by atoms with van der Waals surface area (Å²) in [6.07, 6.45) is 4.29. The number of aromatic nitrogens is 3. The fourth-order valence-corrected chi connectivity index (χ4v) is 4.88.